The van der Waals surface area contributed by atoms with Crippen LogP contribution in [0, 0.1) is 6.92 Å². The Balaban J connectivity index is 2.19. The van der Waals surface area contributed by atoms with Gasteiger partial charge in [-0.2, -0.15) is 0 Å². The van der Waals surface area contributed by atoms with Crippen LogP contribution in [-0.2, 0) is 6.61 Å². The summed E-state index contributed by atoms with van der Waals surface area (Å²) in [6.45, 7) is 6.48. The molecule has 0 unspecified atom stereocenters. The van der Waals surface area contributed by atoms with E-state index in [2.05, 4.69) is 37.0 Å². The lowest BCUT2D eigenvalue weighted by molar-refractivity contribution is 0.281. The number of anilines is 1. The van der Waals surface area contributed by atoms with Gasteiger partial charge in [0.2, 0.25) is 0 Å². The fourth-order valence-corrected chi connectivity index (χ4v) is 2.06. The molecule has 1 aliphatic heterocycles. The summed E-state index contributed by atoms with van der Waals surface area (Å²) in [7, 11) is 0. The molecule has 0 fully saturated rings. The van der Waals surface area contributed by atoms with E-state index in [0.717, 1.165) is 25.1 Å². The predicted octanol–water partition coefficient (Wildman–Crippen LogP) is 2.64. The predicted molar refractivity (Wildman–Crippen MR) is 67.7 cm³/mol. The third-order valence-corrected chi connectivity index (χ3v) is 3.30. The first-order valence-electron chi connectivity index (χ1n) is 5.81. The van der Waals surface area contributed by atoms with E-state index in [1.165, 1.54) is 16.8 Å². The molecule has 2 heteroatoms. The lowest BCUT2D eigenvalue weighted by Crippen LogP contribution is -2.28. The molecule has 0 bridgehead atoms. The topological polar surface area (TPSA) is 23.5 Å². The van der Waals surface area contributed by atoms with Crippen molar-refractivity contribution in [2.24, 2.45) is 0 Å². The molecule has 0 aromatic heterocycles. The van der Waals surface area contributed by atoms with Crippen LogP contribution in [0.4, 0.5) is 5.69 Å². The minimum atomic E-state index is 0.130. The lowest BCUT2D eigenvalue weighted by Gasteiger charge is -2.28. The van der Waals surface area contributed by atoms with Gasteiger partial charge in [0, 0.05) is 18.8 Å². The molecule has 1 heterocycles. The second-order valence-corrected chi connectivity index (χ2v) is 4.52. The standard InChI is InChI=1S/C14H19NO/c1-11-5-7-15(8-6-11)14-4-3-13(10-16)12(2)9-14/h3-5,9,16H,6-8,10H2,1-2H3. The first-order chi connectivity index (χ1) is 7.70. The molecule has 0 amide bonds. The highest BCUT2D eigenvalue weighted by molar-refractivity contribution is 5.52. The minimum absolute atomic E-state index is 0.130. The fraction of sp³-hybridized carbons (Fsp3) is 0.429. The molecule has 0 aliphatic carbocycles. The Morgan fingerprint density at radius 1 is 1.31 bits per heavy atom. The van der Waals surface area contributed by atoms with Crippen LogP contribution in [0.25, 0.3) is 0 Å². The molecule has 1 aromatic rings. The summed E-state index contributed by atoms with van der Waals surface area (Å²) in [6, 6.07) is 6.29. The van der Waals surface area contributed by atoms with Gasteiger partial charge >= 0.3 is 0 Å². The van der Waals surface area contributed by atoms with E-state index < -0.39 is 0 Å². The van der Waals surface area contributed by atoms with Crippen molar-refractivity contribution in [1.82, 2.24) is 0 Å². The van der Waals surface area contributed by atoms with E-state index in [-0.39, 0.29) is 6.61 Å². The van der Waals surface area contributed by atoms with Gasteiger partial charge in [-0.05, 0) is 43.5 Å². The Labute approximate surface area is 97.2 Å². The average molecular weight is 217 g/mol. The lowest BCUT2D eigenvalue weighted by atomic mass is 10.1. The zero-order valence-corrected chi connectivity index (χ0v) is 10.0. The van der Waals surface area contributed by atoms with Crippen LogP contribution >= 0.6 is 0 Å². The first kappa shape index (κ1) is 11.2. The number of aliphatic hydroxyl groups excluding tert-OH is 1. The molecule has 2 nitrogen and oxygen atoms in total. The Kier molecular flexibility index (Phi) is 3.30. The summed E-state index contributed by atoms with van der Waals surface area (Å²) in [6.07, 6.45) is 3.44. The highest BCUT2D eigenvalue weighted by atomic mass is 16.3. The zero-order valence-electron chi connectivity index (χ0n) is 10.0. The summed E-state index contributed by atoms with van der Waals surface area (Å²) < 4.78 is 0. The quantitative estimate of drug-likeness (QED) is 0.770. The monoisotopic (exact) mass is 217 g/mol. The number of hydrogen-bond acceptors (Lipinski definition) is 2. The summed E-state index contributed by atoms with van der Waals surface area (Å²) in [5.41, 5.74) is 4.94. The zero-order chi connectivity index (χ0) is 11.5. The molecule has 1 N–H and O–H groups in total. The number of aliphatic hydroxyl groups is 1. The van der Waals surface area contributed by atoms with Crippen molar-refractivity contribution in [3.05, 3.63) is 41.0 Å². The Hall–Kier alpha value is -1.28. The van der Waals surface area contributed by atoms with Gasteiger partial charge in [0.25, 0.3) is 0 Å². The minimum Gasteiger partial charge on any atom is -0.392 e. The smallest absolute Gasteiger partial charge is 0.0684 e. The molecule has 0 saturated carbocycles. The normalized spacial score (nSPS) is 16.2. The first-order valence-corrected chi connectivity index (χ1v) is 5.81. The highest BCUT2D eigenvalue weighted by Gasteiger charge is 2.10. The van der Waals surface area contributed by atoms with E-state index in [1.807, 2.05) is 6.07 Å². The van der Waals surface area contributed by atoms with E-state index in [9.17, 15) is 0 Å². The van der Waals surface area contributed by atoms with Crippen molar-refractivity contribution in [2.75, 3.05) is 18.0 Å². The third-order valence-electron chi connectivity index (χ3n) is 3.30. The Morgan fingerprint density at radius 3 is 2.69 bits per heavy atom. The van der Waals surface area contributed by atoms with Crippen molar-refractivity contribution < 1.29 is 5.11 Å². The van der Waals surface area contributed by atoms with Gasteiger partial charge in [-0.1, -0.05) is 17.7 Å². The number of rotatable bonds is 2. The van der Waals surface area contributed by atoms with Gasteiger partial charge in [0.05, 0.1) is 6.61 Å². The summed E-state index contributed by atoms with van der Waals surface area (Å²) in [5, 5.41) is 9.13. The van der Waals surface area contributed by atoms with Crippen LogP contribution < -0.4 is 4.90 Å². The molecule has 0 spiro atoms. The fourth-order valence-electron chi connectivity index (χ4n) is 2.06. The Bertz CT molecular complexity index is 409. The van der Waals surface area contributed by atoms with Crippen molar-refractivity contribution in [1.29, 1.82) is 0 Å². The summed E-state index contributed by atoms with van der Waals surface area (Å²) in [4.78, 5) is 2.38. The molecule has 0 saturated heterocycles. The maximum Gasteiger partial charge on any atom is 0.0684 e. The van der Waals surface area contributed by atoms with Gasteiger partial charge in [-0.15, -0.1) is 0 Å². The van der Waals surface area contributed by atoms with Crippen molar-refractivity contribution >= 4 is 5.69 Å². The second kappa shape index (κ2) is 4.71. The molecule has 1 aromatic carbocycles. The average Bonchev–Trinajstić information content (AvgIpc) is 2.30. The van der Waals surface area contributed by atoms with Crippen LogP contribution in [-0.4, -0.2) is 18.2 Å². The highest BCUT2D eigenvalue weighted by Crippen LogP contribution is 2.22. The molecule has 0 atom stereocenters. The van der Waals surface area contributed by atoms with Crippen LogP contribution in [0.1, 0.15) is 24.5 Å². The molecule has 86 valence electrons. The number of benzene rings is 1. The van der Waals surface area contributed by atoms with Gasteiger partial charge in [-0.25, -0.2) is 0 Å². The Morgan fingerprint density at radius 2 is 2.12 bits per heavy atom. The second-order valence-electron chi connectivity index (χ2n) is 4.52. The van der Waals surface area contributed by atoms with Gasteiger partial charge in [0.15, 0.2) is 0 Å². The number of nitrogens with zero attached hydrogens (tertiary/aromatic N) is 1. The maximum atomic E-state index is 9.13. The largest absolute Gasteiger partial charge is 0.392 e. The van der Waals surface area contributed by atoms with E-state index in [4.69, 9.17) is 5.11 Å². The van der Waals surface area contributed by atoms with Crippen LogP contribution in [0.2, 0.25) is 0 Å². The third kappa shape index (κ3) is 2.27. The molecule has 2 rings (SSSR count). The number of hydrogen-bond donors (Lipinski definition) is 1. The van der Waals surface area contributed by atoms with Crippen LogP contribution in [0.3, 0.4) is 0 Å². The van der Waals surface area contributed by atoms with Gasteiger partial charge in [0.1, 0.15) is 0 Å². The van der Waals surface area contributed by atoms with E-state index in [1.54, 1.807) is 0 Å². The van der Waals surface area contributed by atoms with E-state index >= 15 is 0 Å². The van der Waals surface area contributed by atoms with Crippen LogP contribution in [0.5, 0.6) is 0 Å². The van der Waals surface area contributed by atoms with Crippen molar-refractivity contribution in [2.45, 2.75) is 26.9 Å². The molecule has 0 radical (unpaired) electrons. The van der Waals surface area contributed by atoms with Gasteiger partial charge < -0.3 is 10.0 Å². The van der Waals surface area contributed by atoms with Gasteiger partial charge in [-0.3, -0.25) is 0 Å². The van der Waals surface area contributed by atoms with Crippen molar-refractivity contribution in [3.8, 4) is 0 Å². The maximum absolute atomic E-state index is 9.13. The number of aryl methyl sites for hydroxylation is 1. The van der Waals surface area contributed by atoms with Crippen molar-refractivity contribution in [3.63, 3.8) is 0 Å². The molecular formula is C14H19NO. The summed E-state index contributed by atoms with van der Waals surface area (Å²) in [5.74, 6) is 0. The molecule has 16 heavy (non-hydrogen) atoms. The summed E-state index contributed by atoms with van der Waals surface area (Å²) >= 11 is 0. The molecular weight excluding hydrogens is 198 g/mol. The van der Waals surface area contributed by atoms with E-state index in [0.29, 0.717) is 0 Å². The van der Waals surface area contributed by atoms with Crippen LogP contribution in [0.15, 0.2) is 29.8 Å². The molecule has 1 aliphatic rings. The SMILES string of the molecule is CC1=CCN(c2ccc(CO)c(C)c2)CC1.